The lowest BCUT2D eigenvalue weighted by molar-refractivity contribution is 0.203. The van der Waals surface area contributed by atoms with Gasteiger partial charge in [-0.05, 0) is 12.5 Å². The largest absolute Gasteiger partial charge is 0.383 e. The van der Waals surface area contributed by atoms with E-state index in [0.29, 0.717) is 25.7 Å². The zero-order valence-corrected chi connectivity index (χ0v) is 10.1. The van der Waals surface area contributed by atoms with Crippen molar-refractivity contribution in [1.29, 1.82) is 0 Å². The van der Waals surface area contributed by atoms with Gasteiger partial charge in [-0.2, -0.15) is 5.10 Å². The first kappa shape index (κ1) is 13.5. The molecule has 0 bridgehead atoms. The van der Waals surface area contributed by atoms with Crippen molar-refractivity contribution < 1.29 is 4.74 Å². The van der Waals surface area contributed by atoms with Gasteiger partial charge in [-0.25, -0.2) is 5.84 Å². The molecular formula is C10H20N6O. The van der Waals surface area contributed by atoms with Crippen molar-refractivity contribution in [2.75, 3.05) is 26.8 Å². The van der Waals surface area contributed by atoms with Crippen LogP contribution in [0.15, 0.2) is 23.5 Å². The van der Waals surface area contributed by atoms with Crippen LogP contribution in [0.5, 0.6) is 0 Å². The molecule has 96 valence electrons. The number of ether oxygens (including phenoxy) is 1. The number of methoxy groups -OCH3 is 1. The molecule has 1 heterocycles. The molecule has 0 aromatic carbocycles. The van der Waals surface area contributed by atoms with Crippen LogP contribution < -0.4 is 16.6 Å². The summed E-state index contributed by atoms with van der Waals surface area (Å²) in [6.07, 6.45) is 4.61. The van der Waals surface area contributed by atoms with Crippen LogP contribution in [0.3, 0.4) is 0 Å². The summed E-state index contributed by atoms with van der Waals surface area (Å²) in [7, 11) is 1.65. The van der Waals surface area contributed by atoms with Crippen molar-refractivity contribution in [3.05, 3.63) is 18.5 Å². The molecule has 0 spiro atoms. The third kappa shape index (κ3) is 5.88. The minimum Gasteiger partial charge on any atom is -0.383 e. The van der Waals surface area contributed by atoms with E-state index in [2.05, 4.69) is 20.8 Å². The molecule has 4 N–H and O–H groups in total. The Morgan fingerprint density at radius 1 is 1.59 bits per heavy atom. The van der Waals surface area contributed by atoms with Gasteiger partial charge < -0.3 is 10.1 Å². The minimum absolute atomic E-state index is 0.586. The van der Waals surface area contributed by atoms with Gasteiger partial charge in [-0.1, -0.05) is 0 Å². The van der Waals surface area contributed by atoms with Crippen molar-refractivity contribution in [3.63, 3.8) is 0 Å². The highest BCUT2D eigenvalue weighted by atomic mass is 16.5. The number of hydrogen-bond acceptors (Lipinski definition) is 4. The van der Waals surface area contributed by atoms with Gasteiger partial charge in [0.25, 0.3) is 0 Å². The van der Waals surface area contributed by atoms with Crippen LogP contribution >= 0.6 is 0 Å². The summed E-state index contributed by atoms with van der Waals surface area (Å²) in [5, 5.41) is 7.14. The Hall–Kier alpha value is -1.60. The van der Waals surface area contributed by atoms with Crippen molar-refractivity contribution in [2.45, 2.75) is 13.0 Å². The Morgan fingerprint density at radius 2 is 2.47 bits per heavy atom. The average molecular weight is 240 g/mol. The molecule has 1 rings (SSSR count). The Morgan fingerprint density at radius 3 is 3.12 bits per heavy atom. The third-order valence-electron chi connectivity index (χ3n) is 2.11. The monoisotopic (exact) mass is 240 g/mol. The molecule has 0 aliphatic heterocycles. The number of nitrogens with zero attached hydrogens (tertiary/aromatic N) is 3. The smallest absolute Gasteiger partial charge is 0.205 e. The second-order valence-corrected chi connectivity index (χ2v) is 3.42. The summed E-state index contributed by atoms with van der Waals surface area (Å²) in [5.41, 5.74) is 2.52. The predicted molar refractivity (Wildman–Crippen MR) is 66.3 cm³/mol. The summed E-state index contributed by atoms with van der Waals surface area (Å²) in [5.74, 6) is 5.92. The molecule has 0 aliphatic carbocycles. The van der Waals surface area contributed by atoms with E-state index >= 15 is 0 Å². The van der Waals surface area contributed by atoms with Gasteiger partial charge in [-0.15, -0.1) is 0 Å². The summed E-state index contributed by atoms with van der Waals surface area (Å²) in [6, 6.07) is 1.91. The van der Waals surface area contributed by atoms with Gasteiger partial charge in [0, 0.05) is 39.1 Å². The van der Waals surface area contributed by atoms with E-state index in [4.69, 9.17) is 10.6 Å². The number of aryl methyl sites for hydroxylation is 1. The lowest BCUT2D eigenvalue weighted by atomic mass is 10.4. The number of nitrogens with two attached hydrogens (primary N) is 1. The number of nitrogens with one attached hydrogen (secondary N) is 2. The predicted octanol–water partition coefficient (Wildman–Crippen LogP) is -0.671. The minimum atomic E-state index is 0.586. The Balaban J connectivity index is 2.16. The first-order chi connectivity index (χ1) is 8.36. The maximum Gasteiger partial charge on any atom is 0.205 e. The molecule has 0 fully saturated rings. The Kier molecular flexibility index (Phi) is 6.76. The normalized spacial score (nSPS) is 11.5. The molecule has 17 heavy (non-hydrogen) atoms. The van der Waals surface area contributed by atoms with Gasteiger partial charge in [-0.3, -0.25) is 15.1 Å². The van der Waals surface area contributed by atoms with E-state index in [-0.39, 0.29) is 0 Å². The highest BCUT2D eigenvalue weighted by Gasteiger charge is 1.95. The van der Waals surface area contributed by atoms with Crippen LogP contribution in [0, 0.1) is 0 Å². The van der Waals surface area contributed by atoms with Gasteiger partial charge >= 0.3 is 0 Å². The summed E-state index contributed by atoms with van der Waals surface area (Å²) < 4.78 is 6.79. The second kappa shape index (κ2) is 8.54. The van der Waals surface area contributed by atoms with Crippen LogP contribution in [-0.2, 0) is 11.3 Å². The zero-order chi connectivity index (χ0) is 12.3. The van der Waals surface area contributed by atoms with Crippen LogP contribution in [0.25, 0.3) is 0 Å². The number of hydrazine groups is 1. The lowest BCUT2D eigenvalue weighted by Gasteiger charge is -2.08. The topological polar surface area (TPSA) is 89.5 Å². The molecule has 0 unspecified atom stereocenters. The molecule has 1 aromatic heterocycles. The molecule has 0 saturated carbocycles. The standard InChI is InChI=1S/C10H20N6O/c1-17-9-6-13-10(15-11)12-4-2-7-16-8-3-5-14-16/h3,5,8H,2,4,6-7,9,11H2,1H3,(H2,12,13,15). The summed E-state index contributed by atoms with van der Waals surface area (Å²) in [6.45, 7) is 2.85. The number of guanidine groups is 1. The van der Waals surface area contributed by atoms with E-state index in [0.717, 1.165) is 13.0 Å². The van der Waals surface area contributed by atoms with Crippen molar-refractivity contribution in [3.8, 4) is 0 Å². The molecule has 0 atom stereocenters. The SMILES string of the molecule is COCCNC(=NCCCn1cccn1)NN. The zero-order valence-electron chi connectivity index (χ0n) is 10.1. The van der Waals surface area contributed by atoms with E-state index in [1.807, 2.05) is 16.9 Å². The van der Waals surface area contributed by atoms with Gasteiger partial charge in [0.05, 0.1) is 6.61 Å². The van der Waals surface area contributed by atoms with Gasteiger partial charge in [0.1, 0.15) is 0 Å². The van der Waals surface area contributed by atoms with Crippen molar-refractivity contribution in [2.24, 2.45) is 10.8 Å². The highest BCUT2D eigenvalue weighted by molar-refractivity contribution is 5.79. The van der Waals surface area contributed by atoms with Crippen LogP contribution in [0.4, 0.5) is 0 Å². The van der Waals surface area contributed by atoms with Gasteiger partial charge in [0.2, 0.25) is 5.96 Å². The number of aromatic nitrogens is 2. The van der Waals surface area contributed by atoms with E-state index in [9.17, 15) is 0 Å². The van der Waals surface area contributed by atoms with Crippen LogP contribution in [0.1, 0.15) is 6.42 Å². The first-order valence-electron chi connectivity index (χ1n) is 5.58. The van der Waals surface area contributed by atoms with Crippen molar-refractivity contribution >= 4 is 5.96 Å². The van der Waals surface area contributed by atoms with E-state index in [1.54, 1.807) is 13.3 Å². The molecule has 1 aromatic rings. The molecular weight excluding hydrogens is 220 g/mol. The average Bonchev–Trinajstić information content (AvgIpc) is 2.85. The third-order valence-corrected chi connectivity index (χ3v) is 2.11. The van der Waals surface area contributed by atoms with E-state index < -0.39 is 0 Å². The first-order valence-corrected chi connectivity index (χ1v) is 5.58. The van der Waals surface area contributed by atoms with Crippen LogP contribution in [0.2, 0.25) is 0 Å². The summed E-state index contributed by atoms with van der Waals surface area (Å²) in [4.78, 5) is 4.29. The highest BCUT2D eigenvalue weighted by Crippen LogP contribution is 1.89. The number of hydrogen-bond donors (Lipinski definition) is 3. The Labute approximate surface area is 101 Å². The maximum atomic E-state index is 5.33. The molecule has 0 aliphatic rings. The number of aliphatic imine (C=N–C) groups is 1. The molecule has 0 saturated heterocycles. The quantitative estimate of drug-likeness (QED) is 0.193. The van der Waals surface area contributed by atoms with Crippen molar-refractivity contribution in [1.82, 2.24) is 20.5 Å². The maximum absolute atomic E-state index is 5.33. The fraction of sp³-hybridized carbons (Fsp3) is 0.600. The fourth-order valence-corrected chi connectivity index (χ4v) is 1.28. The molecule has 0 amide bonds. The molecule has 7 nitrogen and oxygen atoms in total. The Bertz CT molecular complexity index is 311. The molecule has 0 radical (unpaired) electrons. The summed E-state index contributed by atoms with van der Waals surface area (Å²) >= 11 is 0. The second-order valence-electron chi connectivity index (χ2n) is 3.42. The van der Waals surface area contributed by atoms with Crippen LogP contribution in [-0.4, -0.2) is 42.5 Å². The number of rotatable bonds is 7. The van der Waals surface area contributed by atoms with E-state index in [1.165, 1.54) is 0 Å². The molecule has 7 heteroatoms. The van der Waals surface area contributed by atoms with Gasteiger partial charge in [0.15, 0.2) is 0 Å². The lowest BCUT2D eigenvalue weighted by Crippen LogP contribution is -2.42. The fourth-order valence-electron chi connectivity index (χ4n) is 1.28.